The molecule has 2 atom stereocenters. The fraction of sp³-hybridized carbons (Fsp3) is 0.769. The van der Waals surface area contributed by atoms with Crippen LogP contribution in [0.1, 0.15) is 37.9 Å². The standard InChI is InChI=1S/C13H22ClN3/c1-9-5-6-17(10(2)7-9)8-12-11(3)15-16(4)13(12)14/h9-10H,5-8H2,1-4H3. The molecule has 0 aliphatic carbocycles. The highest BCUT2D eigenvalue weighted by Crippen LogP contribution is 2.27. The Bertz CT molecular complexity index is 400. The van der Waals surface area contributed by atoms with E-state index in [1.807, 2.05) is 14.0 Å². The lowest BCUT2D eigenvalue weighted by atomic mass is 9.93. The van der Waals surface area contributed by atoms with Crippen molar-refractivity contribution in [1.29, 1.82) is 0 Å². The first-order valence-corrected chi connectivity index (χ1v) is 6.79. The summed E-state index contributed by atoms with van der Waals surface area (Å²) in [6.07, 6.45) is 2.58. The Morgan fingerprint density at radius 2 is 2.12 bits per heavy atom. The first-order chi connectivity index (χ1) is 7.99. The Morgan fingerprint density at radius 3 is 2.65 bits per heavy atom. The summed E-state index contributed by atoms with van der Waals surface area (Å²) in [5.74, 6) is 0.853. The van der Waals surface area contributed by atoms with E-state index in [4.69, 9.17) is 11.6 Å². The molecule has 1 aromatic rings. The monoisotopic (exact) mass is 255 g/mol. The Balaban J connectivity index is 2.10. The average molecular weight is 256 g/mol. The number of hydrogen-bond donors (Lipinski definition) is 0. The molecule has 0 amide bonds. The van der Waals surface area contributed by atoms with Gasteiger partial charge in [-0.05, 0) is 39.2 Å². The van der Waals surface area contributed by atoms with Crippen LogP contribution in [0.2, 0.25) is 5.15 Å². The van der Waals surface area contributed by atoms with E-state index in [2.05, 4.69) is 23.8 Å². The molecular weight excluding hydrogens is 234 g/mol. The van der Waals surface area contributed by atoms with Gasteiger partial charge in [0, 0.05) is 25.2 Å². The molecule has 0 saturated carbocycles. The fourth-order valence-corrected chi connectivity index (χ4v) is 2.98. The molecule has 2 rings (SSSR count). The lowest BCUT2D eigenvalue weighted by molar-refractivity contribution is 0.122. The lowest BCUT2D eigenvalue weighted by Gasteiger charge is -2.36. The van der Waals surface area contributed by atoms with Crippen LogP contribution in [-0.4, -0.2) is 27.3 Å². The van der Waals surface area contributed by atoms with E-state index in [1.54, 1.807) is 4.68 Å². The zero-order valence-corrected chi connectivity index (χ0v) is 12.0. The van der Waals surface area contributed by atoms with Gasteiger partial charge in [0.05, 0.1) is 5.69 Å². The van der Waals surface area contributed by atoms with Crippen LogP contribution in [0, 0.1) is 12.8 Å². The minimum absolute atomic E-state index is 0.648. The van der Waals surface area contributed by atoms with E-state index < -0.39 is 0 Å². The van der Waals surface area contributed by atoms with Crippen molar-refractivity contribution in [3.05, 3.63) is 16.4 Å². The van der Waals surface area contributed by atoms with Crippen molar-refractivity contribution >= 4 is 11.6 Å². The molecule has 0 aromatic carbocycles. The molecule has 96 valence electrons. The largest absolute Gasteiger partial charge is 0.296 e. The van der Waals surface area contributed by atoms with Crippen LogP contribution in [0.4, 0.5) is 0 Å². The molecule has 17 heavy (non-hydrogen) atoms. The van der Waals surface area contributed by atoms with E-state index in [0.717, 1.165) is 23.3 Å². The van der Waals surface area contributed by atoms with Crippen molar-refractivity contribution in [3.63, 3.8) is 0 Å². The summed E-state index contributed by atoms with van der Waals surface area (Å²) in [6.45, 7) is 8.81. The Labute approximate surface area is 109 Å². The van der Waals surface area contributed by atoms with Crippen LogP contribution < -0.4 is 0 Å². The second-order valence-corrected chi connectivity index (χ2v) is 5.79. The van der Waals surface area contributed by atoms with Gasteiger partial charge < -0.3 is 0 Å². The fourth-order valence-electron chi connectivity index (χ4n) is 2.75. The van der Waals surface area contributed by atoms with Crippen molar-refractivity contribution < 1.29 is 0 Å². The van der Waals surface area contributed by atoms with Gasteiger partial charge in [0.15, 0.2) is 0 Å². The summed E-state index contributed by atoms with van der Waals surface area (Å²) in [7, 11) is 1.90. The van der Waals surface area contributed by atoms with Gasteiger partial charge in [0.2, 0.25) is 0 Å². The first-order valence-electron chi connectivity index (χ1n) is 6.41. The van der Waals surface area contributed by atoms with E-state index in [-0.39, 0.29) is 0 Å². The zero-order chi connectivity index (χ0) is 12.6. The topological polar surface area (TPSA) is 21.1 Å². The first kappa shape index (κ1) is 12.9. The summed E-state index contributed by atoms with van der Waals surface area (Å²) in [4.78, 5) is 2.52. The van der Waals surface area contributed by atoms with Crippen LogP contribution >= 0.6 is 11.6 Å². The molecule has 0 radical (unpaired) electrons. The van der Waals surface area contributed by atoms with Crippen LogP contribution in [0.3, 0.4) is 0 Å². The van der Waals surface area contributed by atoms with E-state index >= 15 is 0 Å². The van der Waals surface area contributed by atoms with Gasteiger partial charge in [-0.25, -0.2) is 0 Å². The lowest BCUT2D eigenvalue weighted by Crippen LogP contribution is -2.39. The molecule has 1 fully saturated rings. The maximum absolute atomic E-state index is 6.28. The number of rotatable bonds is 2. The molecular formula is C13H22ClN3. The number of hydrogen-bond acceptors (Lipinski definition) is 2. The second-order valence-electron chi connectivity index (χ2n) is 5.43. The van der Waals surface area contributed by atoms with Gasteiger partial charge >= 0.3 is 0 Å². The molecule has 0 bridgehead atoms. The predicted octanol–water partition coefficient (Wildman–Crippen LogP) is 3.00. The van der Waals surface area contributed by atoms with Crippen molar-refractivity contribution in [2.24, 2.45) is 13.0 Å². The SMILES string of the molecule is Cc1nn(C)c(Cl)c1CN1CCC(C)CC1C. The Morgan fingerprint density at radius 1 is 1.41 bits per heavy atom. The van der Waals surface area contributed by atoms with Crippen LogP contribution in [-0.2, 0) is 13.6 Å². The zero-order valence-electron chi connectivity index (χ0n) is 11.2. The van der Waals surface area contributed by atoms with Gasteiger partial charge in [0.25, 0.3) is 0 Å². The molecule has 1 saturated heterocycles. The summed E-state index contributed by atoms with van der Waals surface area (Å²) < 4.78 is 1.77. The number of halogens is 1. The third kappa shape index (κ3) is 2.66. The van der Waals surface area contributed by atoms with Crippen molar-refractivity contribution in [3.8, 4) is 0 Å². The van der Waals surface area contributed by atoms with Gasteiger partial charge in [-0.15, -0.1) is 0 Å². The summed E-state index contributed by atoms with van der Waals surface area (Å²) in [5, 5.41) is 5.16. The van der Waals surface area contributed by atoms with E-state index in [0.29, 0.717) is 6.04 Å². The van der Waals surface area contributed by atoms with Crippen LogP contribution in [0.5, 0.6) is 0 Å². The number of likely N-dealkylation sites (tertiary alicyclic amines) is 1. The Hall–Kier alpha value is -0.540. The second kappa shape index (κ2) is 4.99. The van der Waals surface area contributed by atoms with Gasteiger partial charge in [-0.2, -0.15) is 5.10 Å². The third-order valence-corrected chi connectivity index (χ3v) is 4.38. The number of aryl methyl sites for hydroxylation is 2. The molecule has 0 spiro atoms. The predicted molar refractivity (Wildman–Crippen MR) is 71.2 cm³/mol. The highest BCUT2D eigenvalue weighted by Gasteiger charge is 2.24. The normalized spacial score (nSPS) is 26.4. The van der Waals surface area contributed by atoms with Crippen molar-refractivity contribution in [2.75, 3.05) is 6.54 Å². The van der Waals surface area contributed by atoms with Crippen LogP contribution in [0.25, 0.3) is 0 Å². The molecule has 3 nitrogen and oxygen atoms in total. The minimum atomic E-state index is 0.648. The molecule has 1 aliphatic heterocycles. The average Bonchev–Trinajstić information content (AvgIpc) is 2.48. The summed E-state index contributed by atoms with van der Waals surface area (Å²) in [6, 6.07) is 0.648. The molecule has 1 aliphatic rings. The third-order valence-electron chi connectivity index (χ3n) is 3.91. The molecule has 2 heterocycles. The summed E-state index contributed by atoms with van der Waals surface area (Å²) >= 11 is 6.28. The van der Waals surface area contributed by atoms with Crippen molar-refractivity contribution in [2.45, 2.75) is 46.2 Å². The van der Waals surface area contributed by atoms with E-state index in [1.165, 1.54) is 24.9 Å². The highest BCUT2D eigenvalue weighted by molar-refractivity contribution is 6.30. The number of piperidine rings is 1. The van der Waals surface area contributed by atoms with Crippen molar-refractivity contribution in [1.82, 2.24) is 14.7 Å². The molecule has 1 aromatic heterocycles. The molecule has 2 unspecified atom stereocenters. The summed E-state index contributed by atoms with van der Waals surface area (Å²) in [5.41, 5.74) is 2.25. The quantitative estimate of drug-likeness (QED) is 0.810. The van der Waals surface area contributed by atoms with Crippen LogP contribution in [0.15, 0.2) is 0 Å². The minimum Gasteiger partial charge on any atom is -0.296 e. The highest BCUT2D eigenvalue weighted by atomic mass is 35.5. The number of nitrogens with zero attached hydrogens (tertiary/aromatic N) is 3. The number of aromatic nitrogens is 2. The van der Waals surface area contributed by atoms with Gasteiger partial charge in [-0.1, -0.05) is 18.5 Å². The maximum atomic E-state index is 6.28. The van der Waals surface area contributed by atoms with E-state index in [9.17, 15) is 0 Å². The Kier molecular flexibility index (Phi) is 3.79. The van der Waals surface area contributed by atoms with Gasteiger partial charge in [0.1, 0.15) is 5.15 Å². The van der Waals surface area contributed by atoms with Gasteiger partial charge in [-0.3, -0.25) is 9.58 Å². The smallest absolute Gasteiger partial charge is 0.131 e. The molecule has 0 N–H and O–H groups in total. The molecule has 4 heteroatoms. The maximum Gasteiger partial charge on any atom is 0.131 e.